The number of rotatable bonds is 1. The van der Waals surface area contributed by atoms with E-state index in [1.807, 2.05) is 12.1 Å². The van der Waals surface area contributed by atoms with Gasteiger partial charge in [-0.1, -0.05) is 0 Å². The molecular weight excluding hydrogens is 190 g/mol. The number of carboxylic acid groups (broad SMARTS) is 1. The van der Waals surface area contributed by atoms with Gasteiger partial charge < -0.3 is 5.11 Å². The second-order valence-corrected chi connectivity index (χ2v) is 3.79. The molecular formula is C12H11NO2. The molecule has 0 radical (unpaired) electrons. The average Bonchev–Trinajstić information content (AvgIpc) is 2.27. The van der Waals surface area contributed by atoms with Gasteiger partial charge in [0.1, 0.15) is 0 Å². The van der Waals surface area contributed by atoms with Crippen molar-refractivity contribution in [3.8, 4) is 6.07 Å². The van der Waals surface area contributed by atoms with Gasteiger partial charge in [0, 0.05) is 0 Å². The molecule has 0 amide bonds. The third kappa shape index (κ3) is 1.71. The van der Waals surface area contributed by atoms with Crippen LogP contribution in [-0.4, -0.2) is 11.1 Å². The zero-order chi connectivity index (χ0) is 10.8. The Morgan fingerprint density at radius 3 is 2.73 bits per heavy atom. The molecule has 0 bridgehead atoms. The maximum atomic E-state index is 11.0. The number of benzene rings is 1. The number of fused-ring (bicyclic) bond motifs is 1. The van der Waals surface area contributed by atoms with Crippen LogP contribution in [0.4, 0.5) is 0 Å². The molecule has 0 saturated heterocycles. The van der Waals surface area contributed by atoms with E-state index in [1.165, 1.54) is 6.07 Å². The van der Waals surface area contributed by atoms with Crippen molar-refractivity contribution in [3.05, 3.63) is 34.4 Å². The first-order valence-electron chi connectivity index (χ1n) is 5.01. The summed E-state index contributed by atoms with van der Waals surface area (Å²) in [5.41, 5.74) is 2.72. The van der Waals surface area contributed by atoms with E-state index in [-0.39, 0.29) is 0 Å². The van der Waals surface area contributed by atoms with Crippen LogP contribution in [0.5, 0.6) is 0 Å². The normalized spacial score (nSPS) is 14.1. The number of carbonyl (C=O) groups is 1. The summed E-state index contributed by atoms with van der Waals surface area (Å²) in [6, 6.07) is 5.31. The highest BCUT2D eigenvalue weighted by Crippen LogP contribution is 2.26. The van der Waals surface area contributed by atoms with Crippen LogP contribution < -0.4 is 0 Å². The lowest BCUT2D eigenvalue weighted by Crippen LogP contribution is -2.11. The van der Waals surface area contributed by atoms with E-state index in [9.17, 15) is 4.79 Å². The Balaban J connectivity index is 2.62. The number of nitriles is 1. The Kier molecular flexibility index (Phi) is 2.42. The van der Waals surface area contributed by atoms with Gasteiger partial charge in [-0.2, -0.15) is 5.26 Å². The van der Waals surface area contributed by atoms with Crippen molar-refractivity contribution in [1.82, 2.24) is 0 Å². The lowest BCUT2D eigenvalue weighted by Gasteiger charge is -2.17. The smallest absolute Gasteiger partial charge is 0.336 e. The van der Waals surface area contributed by atoms with E-state index in [1.54, 1.807) is 0 Å². The van der Waals surface area contributed by atoms with Crippen LogP contribution in [0.2, 0.25) is 0 Å². The zero-order valence-electron chi connectivity index (χ0n) is 8.29. The summed E-state index contributed by atoms with van der Waals surface area (Å²) >= 11 is 0. The quantitative estimate of drug-likeness (QED) is 0.757. The Morgan fingerprint density at radius 1 is 1.33 bits per heavy atom. The molecule has 0 heterocycles. The zero-order valence-corrected chi connectivity index (χ0v) is 8.29. The van der Waals surface area contributed by atoms with E-state index in [0.29, 0.717) is 11.1 Å². The van der Waals surface area contributed by atoms with Gasteiger partial charge in [0.15, 0.2) is 0 Å². The van der Waals surface area contributed by atoms with E-state index >= 15 is 0 Å². The standard InChI is InChI=1S/C12H11NO2/c13-7-8-5-9-3-1-2-4-10(9)11(6-8)12(14)15/h5-6H,1-4H2,(H,14,15). The number of aromatic carboxylic acids is 1. The van der Waals surface area contributed by atoms with Gasteiger partial charge in [-0.05, 0) is 48.9 Å². The minimum atomic E-state index is -0.926. The molecule has 3 heteroatoms. The first-order chi connectivity index (χ1) is 7.22. The first kappa shape index (κ1) is 9.72. The van der Waals surface area contributed by atoms with E-state index in [4.69, 9.17) is 10.4 Å². The maximum absolute atomic E-state index is 11.0. The highest BCUT2D eigenvalue weighted by molar-refractivity contribution is 5.90. The SMILES string of the molecule is N#Cc1cc2c(c(C(=O)O)c1)CCCC2. The van der Waals surface area contributed by atoms with Crippen molar-refractivity contribution in [1.29, 1.82) is 5.26 Å². The van der Waals surface area contributed by atoms with Gasteiger partial charge in [-0.25, -0.2) is 4.79 Å². The highest BCUT2D eigenvalue weighted by atomic mass is 16.4. The number of hydrogen-bond donors (Lipinski definition) is 1. The minimum Gasteiger partial charge on any atom is -0.478 e. The molecule has 0 atom stereocenters. The van der Waals surface area contributed by atoms with Crippen LogP contribution in [0.1, 0.15) is 39.9 Å². The summed E-state index contributed by atoms with van der Waals surface area (Å²) in [4.78, 5) is 11.0. The molecule has 15 heavy (non-hydrogen) atoms. The van der Waals surface area contributed by atoms with Crippen LogP contribution in [0.3, 0.4) is 0 Å². The lowest BCUT2D eigenvalue weighted by molar-refractivity contribution is 0.0695. The van der Waals surface area contributed by atoms with Gasteiger partial charge in [0.25, 0.3) is 0 Å². The molecule has 1 aliphatic rings. The van der Waals surface area contributed by atoms with Crippen molar-refractivity contribution in [2.45, 2.75) is 25.7 Å². The van der Waals surface area contributed by atoms with Crippen LogP contribution in [0.15, 0.2) is 12.1 Å². The summed E-state index contributed by atoms with van der Waals surface area (Å²) < 4.78 is 0. The van der Waals surface area contributed by atoms with Crippen molar-refractivity contribution < 1.29 is 9.90 Å². The second-order valence-electron chi connectivity index (χ2n) is 3.79. The van der Waals surface area contributed by atoms with Crippen molar-refractivity contribution in [3.63, 3.8) is 0 Å². The van der Waals surface area contributed by atoms with E-state index in [0.717, 1.165) is 36.8 Å². The molecule has 0 fully saturated rings. The number of carboxylic acids is 1. The average molecular weight is 201 g/mol. The molecule has 0 unspecified atom stereocenters. The first-order valence-corrected chi connectivity index (χ1v) is 5.01. The monoisotopic (exact) mass is 201 g/mol. The predicted molar refractivity (Wildman–Crippen MR) is 54.8 cm³/mol. The van der Waals surface area contributed by atoms with E-state index < -0.39 is 5.97 Å². The second kappa shape index (κ2) is 3.74. The van der Waals surface area contributed by atoms with Crippen molar-refractivity contribution in [2.24, 2.45) is 0 Å². The molecule has 1 N–H and O–H groups in total. The molecule has 0 aliphatic heterocycles. The third-order valence-corrected chi connectivity index (χ3v) is 2.82. The summed E-state index contributed by atoms with van der Waals surface area (Å²) in [5, 5.41) is 17.9. The fourth-order valence-corrected chi connectivity index (χ4v) is 2.12. The summed E-state index contributed by atoms with van der Waals surface area (Å²) in [5.74, 6) is -0.926. The summed E-state index contributed by atoms with van der Waals surface area (Å²) in [6.07, 6.45) is 3.84. The minimum absolute atomic E-state index is 0.309. The lowest BCUT2D eigenvalue weighted by atomic mass is 9.87. The Hall–Kier alpha value is -1.82. The van der Waals surface area contributed by atoms with Gasteiger partial charge in [0.05, 0.1) is 17.2 Å². The molecule has 1 aliphatic carbocycles. The van der Waals surface area contributed by atoms with Crippen molar-refractivity contribution >= 4 is 5.97 Å². The number of nitrogens with zero attached hydrogens (tertiary/aromatic N) is 1. The van der Waals surface area contributed by atoms with Crippen LogP contribution in [0, 0.1) is 11.3 Å². The molecule has 3 nitrogen and oxygen atoms in total. The van der Waals surface area contributed by atoms with Crippen LogP contribution in [-0.2, 0) is 12.8 Å². The highest BCUT2D eigenvalue weighted by Gasteiger charge is 2.18. The van der Waals surface area contributed by atoms with Gasteiger partial charge >= 0.3 is 5.97 Å². The largest absolute Gasteiger partial charge is 0.478 e. The summed E-state index contributed by atoms with van der Waals surface area (Å²) in [6.45, 7) is 0. The maximum Gasteiger partial charge on any atom is 0.336 e. The van der Waals surface area contributed by atoms with Crippen LogP contribution >= 0.6 is 0 Å². The number of hydrogen-bond acceptors (Lipinski definition) is 2. The Labute approximate surface area is 88.0 Å². The van der Waals surface area contributed by atoms with Crippen LogP contribution in [0.25, 0.3) is 0 Å². The van der Waals surface area contributed by atoms with Gasteiger partial charge in [0.2, 0.25) is 0 Å². The van der Waals surface area contributed by atoms with Gasteiger partial charge in [-0.15, -0.1) is 0 Å². The topological polar surface area (TPSA) is 61.1 Å². The molecule has 2 rings (SSSR count). The molecule has 0 saturated carbocycles. The number of aryl methyl sites for hydroxylation is 1. The molecule has 0 aromatic heterocycles. The molecule has 1 aromatic rings. The van der Waals surface area contributed by atoms with Crippen molar-refractivity contribution in [2.75, 3.05) is 0 Å². The fraction of sp³-hybridized carbons (Fsp3) is 0.333. The van der Waals surface area contributed by atoms with Gasteiger partial charge in [-0.3, -0.25) is 0 Å². The predicted octanol–water partition coefficient (Wildman–Crippen LogP) is 2.14. The molecule has 76 valence electrons. The third-order valence-electron chi connectivity index (χ3n) is 2.82. The Bertz CT molecular complexity index is 457. The molecule has 0 spiro atoms. The molecule has 1 aromatic carbocycles. The van der Waals surface area contributed by atoms with E-state index in [2.05, 4.69) is 0 Å². The summed E-state index contributed by atoms with van der Waals surface area (Å²) in [7, 11) is 0. The fourth-order valence-electron chi connectivity index (χ4n) is 2.12. The Morgan fingerprint density at radius 2 is 2.07 bits per heavy atom.